The predicted octanol–water partition coefficient (Wildman–Crippen LogP) is 1.93. The quantitative estimate of drug-likeness (QED) is 0.735. The van der Waals surface area contributed by atoms with Gasteiger partial charge in [-0.1, -0.05) is 12.1 Å². The van der Waals surface area contributed by atoms with Crippen molar-refractivity contribution in [3.63, 3.8) is 0 Å². The van der Waals surface area contributed by atoms with Gasteiger partial charge < -0.3 is 20.1 Å². The van der Waals surface area contributed by atoms with Crippen molar-refractivity contribution in [2.75, 3.05) is 6.61 Å². The second-order valence-electron chi connectivity index (χ2n) is 5.68. The number of carbonyl (C=O) groups is 1. The highest BCUT2D eigenvalue weighted by atomic mass is 16.5. The number of ketones is 1. The van der Waals surface area contributed by atoms with Crippen molar-refractivity contribution in [1.82, 2.24) is 0 Å². The van der Waals surface area contributed by atoms with Gasteiger partial charge >= 0.3 is 0 Å². The third-order valence-electron chi connectivity index (χ3n) is 3.78. The molecule has 3 N–H and O–H groups in total. The van der Waals surface area contributed by atoms with Crippen LogP contribution in [0.5, 0.6) is 5.75 Å². The molecule has 0 spiro atoms. The zero-order valence-corrected chi connectivity index (χ0v) is 11.5. The van der Waals surface area contributed by atoms with Crippen LogP contribution in [0.2, 0.25) is 0 Å². The average molecular weight is 288 g/mol. The summed E-state index contributed by atoms with van der Waals surface area (Å²) < 4.78 is 5.59. The smallest absolute Gasteiger partial charge is 0.180 e. The van der Waals surface area contributed by atoms with Gasteiger partial charge in [-0.15, -0.1) is 0 Å². The van der Waals surface area contributed by atoms with Crippen LogP contribution >= 0.6 is 0 Å². The Morgan fingerprint density at radius 2 is 1.90 bits per heavy atom. The first-order chi connectivity index (χ1) is 9.87. The molecular weight excluding hydrogens is 272 g/mol. The molecular formula is C16H16O5. The van der Waals surface area contributed by atoms with Crippen molar-refractivity contribution in [1.29, 1.82) is 0 Å². The number of hydrogen-bond donors (Lipinski definition) is 3. The number of rotatable bonds is 1. The van der Waals surface area contributed by atoms with Gasteiger partial charge in [-0.25, -0.2) is 0 Å². The van der Waals surface area contributed by atoms with Crippen LogP contribution in [-0.4, -0.2) is 33.3 Å². The summed E-state index contributed by atoms with van der Waals surface area (Å²) in [5.41, 5.74) is -0.352. The molecule has 1 aliphatic carbocycles. The summed E-state index contributed by atoms with van der Waals surface area (Å²) in [5, 5.41) is 29.3. The first kappa shape index (κ1) is 13.7. The van der Waals surface area contributed by atoms with E-state index < -0.39 is 11.5 Å². The minimum Gasteiger partial charge on any atom is -0.508 e. The Morgan fingerprint density at radius 1 is 1.24 bits per heavy atom. The molecule has 0 saturated carbocycles. The number of aliphatic hydroxyl groups excluding tert-OH is 1. The molecule has 2 unspecified atom stereocenters. The topological polar surface area (TPSA) is 87.0 Å². The van der Waals surface area contributed by atoms with Crippen molar-refractivity contribution in [2.45, 2.75) is 24.9 Å². The fourth-order valence-corrected chi connectivity index (χ4v) is 2.75. The van der Waals surface area contributed by atoms with Gasteiger partial charge in [-0.3, -0.25) is 4.79 Å². The van der Waals surface area contributed by atoms with E-state index >= 15 is 0 Å². The Balaban J connectivity index is 1.95. The van der Waals surface area contributed by atoms with Crippen molar-refractivity contribution in [3.8, 4) is 5.75 Å². The molecule has 1 aromatic rings. The SMILES string of the molecule is CC1(O)C=C(O)C2=C(C1)OCC(c1ccc(O)cc1)C2=O. The van der Waals surface area contributed by atoms with Gasteiger partial charge in [-0.05, 0) is 30.7 Å². The molecule has 0 aromatic heterocycles. The monoisotopic (exact) mass is 288 g/mol. The first-order valence-electron chi connectivity index (χ1n) is 6.71. The molecule has 2 aliphatic rings. The maximum atomic E-state index is 12.6. The molecule has 0 amide bonds. The lowest BCUT2D eigenvalue weighted by molar-refractivity contribution is -0.120. The van der Waals surface area contributed by atoms with Crippen LogP contribution in [0, 0.1) is 0 Å². The lowest BCUT2D eigenvalue weighted by Crippen LogP contribution is -2.35. The molecule has 1 aromatic carbocycles. The van der Waals surface area contributed by atoms with Gasteiger partial charge in [-0.2, -0.15) is 0 Å². The van der Waals surface area contributed by atoms with E-state index in [1.165, 1.54) is 18.2 Å². The van der Waals surface area contributed by atoms with Crippen molar-refractivity contribution in [3.05, 3.63) is 53.0 Å². The van der Waals surface area contributed by atoms with E-state index in [1.54, 1.807) is 19.1 Å². The number of aliphatic hydroxyl groups is 2. The Morgan fingerprint density at radius 3 is 2.57 bits per heavy atom. The molecule has 3 rings (SSSR count). The Bertz CT molecular complexity index is 652. The van der Waals surface area contributed by atoms with Crippen molar-refractivity contribution < 1.29 is 24.9 Å². The lowest BCUT2D eigenvalue weighted by atomic mass is 9.82. The van der Waals surface area contributed by atoms with E-state index in [0.717, 1.165) is 5.56 Å². The summed E-state index contributed by atoms with van der Waals surface area (Å²) in [5.74, 6) is -0.539. The van der Waals surface area contributed by atoms with Crippen LogP contribution in [-0.2, 0) is 9.53 Å². The van der Waals surface area contributed by atoms with Crippen LogP contribution < -0.4 is 0 Å². The maximum Gasteiger partial charge on any atom is 0.180 e. The summed E-state index contributed by atoms with van der Waals surface area (Å²) in [6.07, 6.45) is 1.44. The highest BCUT2D eigenvalue weighted by Gasteiger charge is 2.40. The molecule has 1 heterocycles. The molecule has 0 bridgehead atoms. The summed E-state index contributed by atoms with van der Waals surface area (Å²) in [4.78, 5) is 12.6. The van der Waals surface area contributed by atoms with Gasteiger partial charge in [0.2, 0.25) is 0 Å². The second-order valence-corrected chi connectivity index (χ2v) is 5.68. The Labute approximate surface area is 121 Å². The average Bonchev–Trinajstić information content (AvgIpc) is 2.38. The van der Waals surface area contributed by atoms with Gasteiger partial charge in [0.05, 0.1) is 17.1 Å². The van der Waals surface area contributed by atoms with E-state index in [1.807, 2.05) is 0 Å². The molecule has 0 saturated heterocycles. The predicted molar refractivity (Wildman–Crippen MR) is 74.8 cm³/mol. The summed E-state index contributed by atoms with van der Waals surface area (Å²) in [6.45, 7) is 1.71. The Kier molecular flexibility index (Phi) is 3.02. The van der Waals surface area contributed by atoms with E-state index in [-0.39, 0.29) is 35.9 Å². The molecule has 21 heavy (non-hydrogen) atoms. The normalized spacial score (nSPS) is 28.8. The maximum absolute atomic E-state index is 12.6. The highest BCUT2D eigenvalue weighted by Crippen LogP contribution is 2.38. The van der Waals surface area contributed by atoms with Crippen molar-refractivity contribution in [2.24, 2.45) is 0 Å². The molecule has 110 valence electrons. The van der Waals surface area contributed by atoms with Crippen LogP contribution in [0.3, 0.4) is 0 Å². The summed E-state index contributed by atoms with van der Waals surface area (Å²) >= 11 is 0. The van der Waals surface area contributed by atoms with Gasteiger partial charge in [0.1, 0.15) is 23.9 Å². The van der Waals surface area contributed by atoms with Crippen LogP contribution in [0.25, 0.3) is 0 Å². The minimum absolute atomic E-state index is 0.124. The number of phenols is 1. The standard InChI is InChI=1S/C16H16O5/c1-16(20)6-12(18)14-13(7-16)21-8-11(15(14)19)9-2-4-10(17)5-3-9/h2-6,11,17-18,20H,7-8H2,1H3. The largest absolute Gasteiger partial charge is 0.508 e. The molecule has 1 aliphatic heterocycles. The molecule has 2 atom stereocenters. The van der Waals surface area contributed by atoms with E-state index in [4.69, 9.17) is 4.74 Å². The number of carbonyl (C=O) groups excluding carboxylic acids is 1. The van der Waals surface area contributed by atoms with E-state index in [0.29, 0.717) is 5.76 Å². The molecule has 0 fully saturated rings. The van der Waals surface area contributed by atoms with Gasteiger partial charge in [0.25, 0.3) is 0 Å². The Hall–Kier alpha value is -2.27. The fourth-order valence-electron chi connectivity index (χ4n) is 2.75. The zero-order chi connectivity index (χ0) is 15.2. The van der Waals surface area contributed by atoms with Crippen LogP contribution in [0.1, 0.15) is 24.8 Å². The number of hydrogen-bond acceptors (Lipinski definition) is 5. The van der Waals surface area contributed by atoms with Crippen LogP contribution in [0.15, 0.2) is 47.4 Å². The zero-order valence-electron chi connectivity index (χ0n) is 11.5. The number of phenolic OH excluding ortho intramolecular Hbond substituents is 1. The van der Waals surface area contributed by atoms with E-state index in [9.17, 15) is 20.1 Å². The van der Waals surface area contributed by atoms with Crippen molar-refractivity contribution >= 4 is 5.78 Å². The highest BCUT2D eigenvalue weighted by molar-refractivity contribution is 6.04. The van der Waals surface area contributed by atoms with Crippen LogP contribution in [0.4, 0.5) is 0 Å². The number of aromatic hydroxyl groups is 1. The number of Topliss-reactive ketones (excluding diaryl/α,β-unsaturated/α-hetero) is 1. The van der Waals surface area contributed by atoms with Gasteiger partial charge in [0.15, 0.2) is 5.78 Å². The molecule has 5 nitrogen and oxygen atoms in total. The number of ether oxygens (including phenoxy) is 1. The third-order valence-corrected chi connectivity index (χ3v) is 3.78. The molecule has 5 heteroatoms. The van der Waals surface area contributed by atoms with E-state index in [2.05, 4.69) is 0 Å². The number of allylic oxidation sites excluding steroid dienone is 1. The fraction of sp³-hybridized carbons (Fsp3) is 0.312. The minimum atomic E-state index is -1.21. The summed E-state index contributed by atoms with van der Waals surface area (Å²) in [6, 6.07) is 6.33. The third kappa shape index (κ3) is 2.40. The summed E-state index contributed by atoms with van der Waals surface area (Å²) in [7, 11) is 0. The lowest BCUT2D eigenvalue weighted by Gasteiger charge is -2.33. The number of benzene rings is 1. The first-order valence-corrected chi connectivity index (χ1v) is 6.71. The van der Waals surface area contributed by atoms with Gasteiger partial charge in [0, 0.05) is 6.42 Å². The second kappa shape index (κ2) is 4.63. The molecule has 0 radical (unpaired) electrons.